The monoisotopic (exact) mass is 331 g/mol. The summed E-state index contributed by atoms with van der Waals surface area (Å²) in [4.78, 5) is 18.4. The maximum Gasteiger partial charge on any atom is 0.317 e. The highest BCUT2D eigenvalue weighted by Crippen LogP contribution is 2.24. The second-order valence-electron chi connectivity index (χ2n) is 5.92. The summed E-state index contributed by atoms with van der Waals surface area (Å²) in [6.45, 7) is 3.24. The van der Waals surface area contributed by atoms with E-state index in [1.165, 1.54) is 0 Å². The summed E-state index contributed by atoms with van der Waals surface area (Å²) in [6.07, 6.45) is 2.60. The number of hydrogen-bond acceptors (Lipinski definition) is 4. The van der Waals surface area contributed by atoms with E-state index in [9.17, 15) is 4.79 Å². The maximum absolute atomic E-state index is 12.4. The summed E-state index contributed by atoms with van der Waals surface area (Å²) in [6, 6.07) is 7.91. The zero-order valence-electron chi connectivity index (χ0n) is 13.4. The number of urea groups is 1. The molecule has 2 amide bonds. The molecular formula is C17H21N3O2S. The van der Waals surface area contributed by atoms with E-state index in [1.54, 1.807) is 22.4 Å². The Balaban J connectivity index is 1.53. The lowest BCUT2D eigenvalue weighted by Gasteiger charge is -2.28. The van der Waals surface area contributed by atoms with Crippen molar-refractivity contribution in [2.75, 3.05) is 20.2 Å². The van der Waals surface area contributed by atoms with Crippen molar-refractivity contribution in [2.45, 2.75) is 25.3 Å². The molecule has 0 spiro atoms. The largest absolute Gasteiger partial charge is 0.491 e. The summed E-state index contributed by atoms with van der Waals surface area (Å²) in [5, 5.41) is 6.07. The highest BCUT2D eigenvalue weighted by atomic mass is 32.1. The smallest absolute Gasteiger partial charge is 0.317 e. The first-order valence-corrected chi connectivity index (χ1v) is 8.63. The number of aromatic nitrogens is 1. The van der Waals surface area contributed by atoms with Crippen molar-refractivity contribution < 1.29 is 9.53 Å². The minimum absolute atomic E-state index is 0.00928. The number of hydrogen-bond donors (Lipinski definition) is 1. The molecule has 0 saturated heterocycles. The molecule has 122 valence electrons. The van der Waals surface area contributed by atoms with Gasteiger partial charge < -0.3 is 15.0 Å². The molecule has 0 saturated carbocycles. The van der Waals surface area contributed by atoms with Crippen molar-refractivity contribution >= 4 is 17.4 Å². The van der Waals surface area contributed by atoms with Gasteiger partial charge in [0.2, 0.25) is 0 Å². The molecule has 2 unspecified atom stereocenters. The molecule has 6 heteroatoms. The second kappa shape index (κ2) is 7.00. The van der Waals surface area contributed by atoms with E-state index < -0.39 is 0 Å². The SMILES string of the molecule is CC(CN(C)C(=O)NC1COc2ccccc2C1)c1nccs1. The van der Waals surface area contributed by atoms with Crippen LogP contribution in [0.2, 0.25) is 0 Å². The lowest BCUT2D eigenvalue weighted by atomic mass is 10.0. The Hall–Kier alpha value is -2.08. The first-order valence-electron chi connectivity index (χ1n) is 7.75. The topological polar surface area (TPSA) is 54.5 Å². The van der Waals surface area contributed by atoms with Gasteiger partial charge in [0.15, 0.2) is 0 Å². The van der Waals surface area contributed by atoms with Crippen molar-refractivity contribution in [3.05, 3.63) is 46.4 Å². The van der Waals surface area contributed by atoms with Gasteiger partial charge in [-0.25, -0.2) is 9.78 Å². The Morgan fingerprint density at radius 2 is 2.35 bits per heavy atom. The van der Waals surface area contributed by atoms with Crippen LogP contribution >= 0.6 is 11.3 Å². The van der Waals surface area contributed by atoms with E-state index in [4.69, 9.17) is 4.74 Å². The molecule has 5 nitrogen and oxygen atoms in total. The maximum atomic E-state index is 12.4. The van der Waals surface area contributed by atoms with Crippen LogP contribution in [-0.2, 0) is 6.42 Å². The van der Waals surface area contributed by atoms with Gasteiger partial charge in [-0.1, -0.05) is 25.1 Å². The van der Waals surface area contributed by atoms with Gasteiger partial charge in [0.1, 0.15) is 12.4 Å². The first-order chi connectivity index (χ1) is 11.1. The normalized spacial score (nSPS) is 17.7. The number of ether oxygens (including phenoxy) is 1. The van der Waals surface area contributed by atoms with Crippen molar-refractivity contribution in [1.29, 1.82) is 0 Å². The third kappa shape index (κ3) is 3.82. The van der Waals surface area contributed by atoms with E-state index >= 15 is 0 Å². The van der Waals surface area contributed by atoms with Crippen molar-refractivity contribution in [1.82, 2.24) is 15.2 Å². The molecule has 1 N–H and O–H groups in total. The quantitative estimate of drug-likeness (QED) is 0.937. The number of nitrogens with zero attached hydrogens (tertiary/aromatic N) is 2. The highest BCUT2D eigenvalue weighted by Gasteiger charge is 2.23. The number of carbonyl (C=O) groups excluding carboxylic acids is 1. The summed E-state index contributed by atoms with van der Waals surface area (Å²) < 4.78 is 5.72. The molecule has 0 aliphatic carbocycles. The summed E-state index contributed by atoms with van der Waals surface area (Å²) >= 11 is 1.62. The number of fused-ring (bicyclic) bond motifs is 1. The number of thiazole rings is 1. The fraction of sp³-hybridized carbons (Fsp3) is 0.412. The van der Waals surface area contributed by atoms with Gasteiger partial charge in [0.05, 0.1) is 11.0 Å². The van der Waals surface area contributed by atoms with E-state index in [2.05, 4.69) is 17.2 Å². The number of carbonyl (C=O) groups is 1. The van der Waals surface area contributed by atoms with E-state index in [0.717, 1.165) is 22.7 Å². The number of para-hydroxylation sites is 1. The van der Waals surface area contributed by atoms with Crippen LogP contribution in [0.15, 0.2) is 35.8 Å². The third-order valence-corrected chi connectivity index (χ3v) is 4.98. The van der Waals surface area contributed by atoms with Gasteiger partial charge in [-0.05, 0) is 18.1 Å². The molecule has 0 radical (unpaired) electrons. The minimum atomic E-state index is -0.0682. The van der Waals surface area contributed by atoms with Crippen molar-refractivity contribution in [2.24, 2.45) is 0 Å². The van der Waals surface area contributed by atoms with Crippen molar-refractivity contribution in [3.63, 3.8) is 0 Å². The van der Waals surface area contributed by atoms with Gasteiger partial charge in [-0.15, -0.1) is 11.3 Å². The molecule has 1 aromatic heterocycles. The second-order valence-corrected chi connectivity index (χ2v) is 6.85. The van der Waals surface area contributed by atoms with Crippen LogP contribution < -0.4 is 10.1 Å². The number of nitrogens with one attached hydrogen (secondary N) is 1. The molecule has 1 aliphatic heterocycles. The fourth-order valence-electron chi connectivity index (χ4n) is 2.76. The third-order valence-electron chi connectivity index (χ3n) is 3.97. The minimum Gasteiger partial charge on any atom is -0.491 e. The van der Waals surface area contributed by atoms with E-state index in [1.807, 2.05) is 36.7 Å². The molecule has 23 heavy (non-hydrogen) atoms. The molecule has 2 atom stereocenters. The number of amides is 2. The zero-order chi connectivity index (χ0) is 16.2. The van der Waals surface area contributed by atoms with E-state index in [-0.39, 0.29) is 18.0 Å². The van der Waals surface area contributed by atoms with Crippen LogP contribution in [0.3, 0.4) is 0 Å². The van der Waals surface area contributed by atoms with Gasteiger partial charge in [0.25, 0.3) is 0 Å². The number of likely N-dealkylation sites (N-methyl/N-ethyl adjacent to an activating group) is 1. The van der Waals surface area contributed by atoms with Crippen LogP contribution in [0.5, 0.6) is 5.75 Å². The summed E-state index contributed by atoms with van der Waals surface area (Å²) in [5.74, 6) is 1.15. The predicted octanol–water partition coefficient (Wildman–Crippen LogP) is 2.89. The molecule has 2 aromatic rings. The van der Waals surface area contributed by atoms with Gasteiger partial charge in [0, 0.05) is 31.1 Å². The van der Waals surface area contributed by atoms with Crippen LogP contribution in [0, 0.1) is 0 Å². The fourth-order valence-corrected chi connectivity index (χ4v) is 3.44. The Labute approximate surface area is 140 Å². The molecule has 1 aliphatic rings. The average molecular weight is 331 g/mol. The van der Waals surface area contributed by atoms with Crippen LogP contribution in [0.25, 0.3) is 0 Å². The van der Waals surface area contributed by atoms with Crippen molar-refractivity contribution in [3.8, 4) is 5.75 Å². The number of rotatable bonds is 4. The molecule has 3 rings (SSSR count). The molecule has 1 aromatic carbocycles. The van der Waals surface area contributed by atoms with Crippen LogP contribution in [0.4, 0.5) is 4.79 Å². The molecule has 0 fully saturated rings. The standard InChI is InChI=1S/C17H21N3O2S/c1-12(16-18-7-8-23-16)10-20(2)17(21)19-14-9-13-5-3-4-6-15(13)22-11-14/h3-8,12,14H,9-11H2,1-2H3,(H,19,21). The summed E-state index contributed by atoms with van der Waals surface area (Å²) in [7, 11) is 1.82. The Morgan fingerprint density at radius 1 is 1.52 bits per heavy atom. The Kier molecular flexibility index (Phi) is 4.81. The highest BCUT2D eigenvalue weighted by molar-refractivity contribution is 7.09. The Bertz CT molecular complexity index is 660. The van der Waals surface area contributed by atoms with Gasteiger partial charge in [-0.2, -0.15) is 0 Å². The first kappa shape index (κ1) is 15.8. The zero-order valence-corrected chi connectivity index (χ0v) is 14.2. The van der Waals surface area contributed by atoms with E-state index in [0.29, 0.717) is 13.2 Å². The van der Waals surface area contributed by atoms with Gasteiger partial charge in [-0.3, -0.25) is 0 Å². The Morgan fingerprint density at radius 3 is 3.13 bits per heavy atom. The number of benzene rings is 1. The molecule has 2 heterocycles. The lowest BCUT2D eigenvalue weighted by Crippen LogP contribution is -2.48. The van der Waals surface area contributed by atoms with Gasteiger partial charge >= 0.3 is 6.03 Å². The summed E-state index contributed by atoms with van der Waals surface area (Å²) in [5.41, 5.74) is 1.14. The molecular weight excluding hydrogens is 310 g/mol. The molecule has 0 bridgehead atoms. The predicted molar refractivity (Wildman–Crippen MR) is 91.1 cm³/mol. The van der Waals surface area contributed by atoms with Crippen LogP contribution in [-0.4, -0.2) is 42.2 Å². The average Bonchev–Trinajstić information content (AvgIpc) is 3.09. The van der Waals surface area contributed by atoms with Crippen LogP contribution in [0.1, 0.15) is 23.4 Å². The lowest BCUT2D eigenvalue weighted by molar-refractivity contribution is 0.187.